The van der Waals surface area contributed by atoms with Crippen molar-refractivity contribution < 1.29 is 4.79 Å². The lowest BCUT2D eigenvalue weighted by molar-refractivity contribution is -0.127. The minimum absolute atomic E-state index is 0.213. The molecule has 3 aliphatic rings. The van der Waals surface area contributed by atoms with Gasteiger partial charge in [-0.15, -0.1) is 11.3 Å². The Morgan fingerprint density at radius 3 is 2.72 bits per heavy atom. The first-order valence-corrected chi connectivity index (χ1v) is 10.7. The number of aromatic nitrogens is 1. The fourth-order valence-electron chi connectivity index (χ4n) is 4.25. The minimum atomic E-state index is 0.213. The quantitative estimate of drug-likeness (QED) is 0.874. The molecule has 1 amide bonds. The highest BCUT2D eigenvalue weighted by Crippen LogP contribution is 2.26. The van der Waals surface area contributed by atoms with Gasteiger partial charge in [-0.2, -0.15) is 0 Å². The van der Waals surface area contributed by atoms with Gasteiger partial charge in [0, 0.05) is 43.6 Å². The van der Waals surface area contributed by atoms with Crippen molar-refractivity contribution in [2.24, 2.45) is 5.92 Å². The van der Waals surface area contributed by atoms with E-state index < -0.39 is 0 Å². The zero-order valence-electron chi connectivity index (χ0n) is 15.2. The molecular weight excluding hydrogens is 332 g/mol. The van der Waals surface area contributed by atoms with E-state index in [2.05, 4.69) is 32.4 Å². The van der Waals surface area contributed by atoms with E-state index in [1.54, 1.807) is 11.3 Å². The highest BCUT2D eigenvalue weighted by Gasteiger charge is 2.33. The molecule has 1 aliphatic carbocycles. The molecule has 0 unspecified atom stereocenters. The number of carbonyl (C=O) groups excluding carboxylic acids is 1. The van der Waals surface area contributed by atoms with Crippen molar-refractivity contribution in [1.29, 1.82) is 0 Å². The molecule has 6 heteroatoms. The van der Waals surface area contributed by atoms with Crippen LogP contribution in [0.3, 0.4) is 0 Å². The van der Waals surface area contributed by atoms with Crippen LogP contribution in [0.5, 0.6) is 0 Å². The van der Waals surface area contributed by atoms with Gasteiger partial charge >= 0.3 is 0 Å². The van der Waals surface area contributed by atoms with Crippen molar-refractivity contribution in [1.82, 2.24) is 20.1 Å². The third-order valence-corrected chi connectivity index (χ3v) is 6.70. The Labute approximate surface area is 154 Å². The Balaban J connectivity index is 1.24. The molecule has 5 nitrogen and oxygen atoms in total. The lowest BCUT2D eigenvalue weighted by Crippen LogP contribution is -2.50. The van der Waals surface area contributed by atoms with Gasteiger partial charge in [-0.25, -0.2) is 4.98 Å². The van der Waals surface area contributed by atoms with E-state index in [4.69, 9.17) is 0 Å². The van der Waals surface area contributed by atoms with Crippen LogP contribution in [0.25, 0.3) is 0 Å². The van der Waals surface area contributed by atoms with Crippen LogP contribution in [-0.2, 0) is 11.3 Å². The molecule has 0 aromatic carbocycles. The molecule has 3 heterocycles. The molecular formula is C19H30N4OS. The average molecular weight is 363 g/mol. The molecule has 0 spiro atoms. The zero-order valence-corrected chi connectivity index (χ0v) is 16.1. The van der Waals surface area contributed by atoms with Gasteiger partial charge in [0.25, 0.3) is 0 Å². The molecule has 1 aromatic rings. The Kier molecular flexibility index (Phi) is 5.39. The Morgan fingerprint density at radius 2 is 2.04 bits per heavy atom. The van der Waals surface area contributed by atoms with E-state index in [-0.39, 0.29) is 5.92 Å². The van der Waals surface area contributed by atoms with E-state index in [9.17, 15) is 4.79 Å². The molecule has 2 saturated heterocycles. The van der Waals surface area contributed by atoms with E-state index in [1.165, 1.54) is 44.3 Å². The number of nitrogens with one attached hydrogen (secondary N) is 1. The van der Waals surface area contributed by atoms with Gasteiger partial charge in [0.15, 0.2) is 0 Å². The number of aryl methyl sites for hydroxylation is 1. The summed E-state index contributed by atoms with van der Waals surface area (Å²) in [4.78, 5) is 22.1. The van der Waals surface area contributed by atoms with Gasteiger partial charge in [-0.1, -0.05) is 0 Å². The number of nitrogens with zero attached hydrogens (tertiary/aromatic N) is 3. The third-order valence-electron chi connectivity index (χ3n) is 5.87. The summed E-state index contributed by atoms with van der Waals surface area (Å²) in [5, 5.41) is 6.55. The van der Waals surface area contributed by atoms with E-state index >= 15 is 0 Å². The van der Waals surface area contributed by atoms with Gasteiger partial charge < -0.3 is 5.32 Å². The molecule has 1 aromatic heterocycles. The minimum Gasteiger partial charge on any atom is -0.353 e. The summed E-state index contributed by atoms with van der Waals surface area (Å²) in [6.45, 7) is 7.50. The lowest BCUT2D eigenvalue weighted by atomic mass is 9.93. The third kappa shape index (κ3) is 4.60. The second kappa shape index (κ2) is 7.72. The van der Waals surface area contributed by atoms with Crippen LogP contribution in [0.4, 0.5) is 0 Å². The fourth-order valence-corrected chi connectivity index (χ4v) is 4.86. The predicted octanol–water partition coefficient (Wildman–Crippen LogP) is 2.41. The number of rotatable bonds is 5. The molecule has 4 rings (SSSR count). The zero-order chi connectivity index (χ0) is 17.2. The van der Waals surface area contributed by atoms with Gasteiger partial charge in [0.05, 0.1) is 16.6 Å². The normalized spacial score (nSPS) is 26.7. The summed E-state index contributed by atoms with van der Waals surface area (Å²) in [6, 6.07) is 1.14. The SMILES string of the molecule is Cc1nc(CN2CCC(N3CCC[C@@H](C(=O)NC4CC4)C3)CC2)cs1. The summed E-state index contributed by atoms with van der Waals surface area (Å²) in [5.74, 6) is 0.522. The summed E-state index contributed by atoms with van der Waals surface area (Å²) < 4.78 is 0. The predicted molar refractivity (Wildman–Crippen MR) is 101 cm³/mol. The molecule has 138 valence electrons. The maximum Gasteiger partial charge on any atom is 0.224 e. The van der Waals surface area contributed by atoms with Crippen LogP contribution in [0.1, 0.15) is 49.2 Å². The van der Waals surface area contributed by atoms with E-state index in [1.807, 2.05) is 0 Å². The van der Waals surface area contributed by atoms with Gasteiger partial charge in [0.1, 0.15) is 0 Å². The van der Waals surface area contributed by atoms with Gasteiger partial charge in [0.2, 0.25) is 5.91 Å². The van der Waals surface area contributed by atoms with Crippen LogP contribution in [0.2, 0.25) is 0 Å². The van der Waals surface area contributed by atoms with Crippen molar-refractivity contribution in [2.75, 3.05) is 26.2 Å². The van der Waals surface area contributed by atoms with Crippen LogP contribution in [0.15, 0.2) is 5.38 Å². The lowest BCUT2D eigenvalue weighted by Gasteiger charge is -2.42. The van der Waals surface area contributed by atoms with Crippen molar-refractivity contribution in [2.45, 2.75) is 64.1 Å². The summed E-state index contributed by atoms with van der Waals surface area (Å²) in [5.41, 5.74) is 1.22. The number of piperidine rings is 2. The monoisotopic (exact) mass is 362 g/mol. The standard InChI is InChI=1S/C19H30N4OS/c1-14-20-17(13-25-14)12-22-9-6-18(7-10-22)23-8-2-3-15(11-23)19(24)21-16-4-5-16/h13,15-16,18H,2-12H2,1H3,(H,21,24)/t15-/m1/s1. The molecule has 1 saturated carbocycles. The summed E-state index contributed by atoms with van der Waals surface area (Å²) >= 11 is 1.74. The highest BCUT2D eigenvalue weighted by molar-refractivity contribution is 7.09. The first kappa shape index (κ1) is 17.4. The Hall–Kier alpha value is -0.980. The number of thiazole rings is 1. The van der Waals surface area contributed by atoms with Gasteiger partial charge in [-0.3, -0.25) is 14.6 Å². The number of hydrogen-bond acceptors (Lipinski definition) is 5. The second-order valence-electron chi connectivity index (χ2n) is 7.98. The van der Waals surface area contributed by atoms with Crippen LogP contribution in [-0.4, -0.2) is 59.0 Å². The fraction of sp³-hybridized carbons (Fsp3) is 0.789. The molecule has 25 heavy (non-hydrogen) atoms. The van der Waals surface area contributed by atoms with Crippen molar-refractivity contribution in [3.8, 4) is 0 Å². The molecule has 3 fully saturated rings. The Bertz CT molecular complexity index is 592. The number of hydrogen-bond donors (Lipinski definition) is 1. The van der Waals surface area contributed by atoms with Crippen LogP contribution in [0, 0.1) is 12.8 Å². The Morgan fingerprint density at radius 1 is 1.24 bits per heavy atom. The van der Waals surface area contributed by atoms with Crippen LogP contribution < -0.4 is 5.32 Å². The number of carbonyl (C=O) groups is 1. The maximum atomic E-state index is 12.4. The summed E-state index contributed by atoms with van der Waals surface area (Å²) in [6.07, 6.45) is 7.04. The summed E-state index contributed by atoms with van der Waals surface area (Å²) in [7, 11) is 0. The van der Waals surface area contributed by atoms with E-state index in [0.717, 1.165) is 37.6 Å². The maximum absolute atomic E-state index is 12.4. The average Bonchev–Trinajstić information content (AvgIpc) is 3.35. The van der Waals surface area contributed by atoms with Gasteiger partial charge in [-0.05, 0) is 52.0 Å². The smallest absolute Gasteiger partial charge is 0.224 e. The first-order valence-electron chi connectivity index (χ1n) is 9.85. The molecule has 0 bridgehead atoms. The first-order chi connectivity index (χ1) is 12.2. The molecule has 0 radical (unpaired) electrons. The van der Waals surface area contributed by atoms with Crippen molar-refractivity contribution in [3.05, 3.63) is 16.1 Å². The second-order valence-corrected chi connectivity index (χ2v) is 9.04. The highest BCUT2D eigenvalue weighted by atomic mass is 32.1. The topological polar surface area (TPSA) is 48.5 Å². The molecule has 1 N–H and O–H groups in total. The van der Waals surface area contributed by atoms with Crippen LogP contribution >= 0.6 is 11.3 Å². The van der Waals surface area contributed by atoms with E-state index in [0.29, 0.717) is 18.0 Å². The molecule has 1 atom stereocenters. The number of amides is 1. The van der Waals surface area contributed by atoms with Crippen molar-refractivity contribution in [3.63, 3.8) is 0 Å². The molecule has 2 aliphatic heterocycles. The van der Waals surface area contributed by atoms with Crippen molar-refractivity contribution >= 4 is 17.2 Å². The largest absolute Gasteiger partial charge is 0.353 e. The number of likely N-dealkylation sites (tertiary alicyclic amines) is 2.